The molecule has 2 nitrogen and oxygen atoms in total. The second-order valence-electron chi connectivity index (χ2n) is 3.55. The molecule has 0 spiro atoms. The fraction of sp³-hybridized carbons (Fsp3) is 0.875. The van der Waals surface area contributed by atoms with Crippen LogP contribution in [0, 0.1) is 11.3 Å². The van der Waals surface area contributed by atoms with E-state index in [4.69, 9.17) is 5.11 Å². The molecule has 1 fully saturated rings. The van der Waals surface area contributed by atoms with Crippen LogP contribution in [-0.4, -0.2) is 11.1 Å². The third-order valence-electron chi connectivity index (χ3n) is 2.57. The lowest BCUT2D eigenvalue weighted by Crippen LogP contribution is -2.40. The molecule has 0 aromatic heterocycles. The fourth-order valence-corrected chi connectivity index (χ4v) is 1.68. The maximum atomic E-state index is 10.6. The Bertz CT molecular complexity index is 145. The van der Waals surface area contributed by atoms with Gasteiger partial charge in [-0.05, 0) is 25.7 Å². The van der Waals surface area contributed by atoms with Gasteiger partial charge in [0.1, 0.15) is 0 Å². The minimum atomic E-state index is -0.628. The predicted octanol–water partition coefficient (Wildman–Crippen LogP) is 1.90. The summed E-state index contributed by atoms with van der Waals surface area (Å²) in [7, 11) is 0. The molecule has 2 heteroatoms. The minimum absolute atomic E-state index is 0.388. The Labute approximate surface area is 61.2 Å². The average Bonchev–Trinajstić information content (AvgIpc) is 1.80. The lowest BCUT2D eigenvalue weighted by atomic mass is 9.62. The highest BCUT2D eigenvalue weighted by Crippen LogP contribution is 2.46. The van der Waals surface area contributed by atoms with Crippen LogP contribution >= 0.6 is 0 Å². The van der Waals surface area contributed by atoms with Gasteiger partial charge < -0.3 is 5.11 Å². The van der Waals surface area contributed by atoms with Gasteiger partial charge in [-0.2, -0.15) is 0 Å². The first-order valence-corrected chi connectivity index (χ1v) is 3.82. The largest absolute Gasteiger partial charge is 0.481 e. The van der Waals surface area contributed by atoms with Crippen LogP contribution in [0.15, 0.2) is 0 Å². The molecular weight excluding hydrogens is 128 g/mol. The number of carboxylic acid groups (broad SMARTS) is 1. The summed E-state index contributed by atoms with van der Waals surface area (Å²) in [4.78, 5) is 10.6. The summed E-state index contributed by atoms with van der Waals surface area (Å²) in [6.45, 7) is 3.95. The van der Waals surface area contributed by atoms with Gasteiger partial charge in [-0.1, -0.05) is 13.3 Å². The van der Waals surface area contributed by atoms with Gasteiger partial charge in [0.2, 0.25) is 0 Å². The van der Waals surface area contributed by atoms with Gasteiger partial charge in [0.05, 0.1) is 5.41 Å². The molecule has 0 aromatic carbocycles. The van der Waals surface area contributed by atoms with Gasteiger partial charge in [-0.25, -0.2) is 0 Å². The van der Waals surface area contributed by atoms with E-state index >= 15 is 0 Å². The molecule has 1 saturated carbocycles. The predicted molar refractivity (Wildman–Crippen MR) is 38.8 cm³/mol. The maximum absolute atomic E-state index is 10.6. The molecule has 0 atom stereocenters. The summed E-state index contributed by atoms with van der Waals surface area (Å²) < 4.78 is 0. The fourth-order valence-electron chi connectivity index (χ4n) is 1.68. The second-order valence-corrected chi connectivity index (χ2v) is 3.55. The van der Waals surface area contributed by atoms with E-state index in [1.54, 1.807) is 0 Å². The zero-order chi connectivity index (χ0) is 7.78. The third kappa shape index (κ3) is 1.02. The van der Waals surface area contributed by atoms with Crippen molar-refractivity contribution < 1.29 is 9.90 Å². The van der Waals surface area contributed by atoms with Crippen LogP contribution in [-0.2, 0) is 4.79 Å². The van der Waals surface area contributed by atoms with E-state index in [0.29, 0.717) is 5.92 Å². The molecule has 0 aliphatic heterocycles. The van der Waals surface area contributed by atoms with Crippen molar-refractivity contribution >= 4 is 5.97 Å². The average molecular weight is 142 g/mol. The first-order chi connectivity index (χ1) is 4.58. The van der Waals surface area contributed by atoms with Crippen molar-refractivity contribution in [3.63, 3.8) is 0 Å². The molecule has 0 radical (unpaired) electrons. The molecular formula is C8H14O2. The van der Waals surface area contributed by atoms with Crippen molar-refractivity contribution in [1.29, 1.82) is 0 Å². The minimum Gasteiger partial charge on any atom is -0.481 e. The molecule has 58 valence electrons. The van der Waals surface area contributed by atoms with E-state index in [1.165, 1.54) is 0 Å². The molecule has 1 N–H and O–H groups in total. The van der Waals surface area contributed by atoms with Gasteiger partial charge in [0, 0.05) is 0 Å². The molecule has 0 heterocycles. The molecule has 10 heavy (non-hydrogen) atoms. The third-order valence-corrected chi connectivity index (χ3v) is 2.57. The summed E-state index contributed by atoms with van der Waals surface area (Å²) in [6, 6.07) is 0. The smallest absolute Gasteiger partial charge is 0.309 e. The van der Waals surface area contributed by atoms with E-state index in [9.17, 15) is 4.79 Å². The van der Waals surface area contributed by atoms with Crippen LogP contribution in [0.25, 0.3) is 0 Å². The Morgan fingerprint density at radius 3 is 2.50 bits per heavy atom. The monoisotopic (exact) mass is 142 g/mol. The molecule has 0 aromatic rings. The van der Waals surface area contributed by atoms with Gasteiger partial charge >= 0.3 is 5.97 Å². The van der Waals surface area contributed by atoms with Crippen molar-refractivity contribution in [2.45, 2.75) is 33.1 Å². The zero-order valence-electron chi connectivity index (χ0n) is 6.55. The number of hydrogen-bond donors (Lipinski definition) is 1. The van der Waals surface area contributed by atoms with E-state index in [2.05, 4.69) is 6.92 Å². The summed E-state index contributed by atoms with van der Waals surface area (Å²) in [5, 5.41) is 8.71. The highest BCUT2D eigenvalue weighted by molar-refractivity contribution is 5.75. The van der Waals surface area contributed by atoms with Crippen molar-refractivity contribution in [1.82, 2.24) is 0 Å². The SMILES string of the molecule is CC[C@H]1C[C@](C)(C(=O)O)C1. The molecule has 0 unspecified atom stereocenters. The van der Waals surface area contributed by atoms with Crippen LogP contribution in [0.4, 0.5) is 0 Å². The van der Waals surface area contributed by atoms with Gasteiger partial charge in [-0.15, -0.1) is 0 Å². The Morgan fingerprint density at radius 2 is 2.20 bits per heavy atom. The Hall–Kier alpha value is -0.530. The number of carboxylic acids is 1. The number of carbonyl (C=O) groups is 1. The Morgan fingerprint density at radius 1 is 1.70 bits per heavy atom. The molecule has 0 amide bonds. The maximum Gasteiger partial charge on any atom is 0.309 e. The Kier molecular flexibility index (Phi) is 1.71. The summed E-state index contributed by atoms with van der Waals surface area (Å²) in [5.74, 6) is 0.0401. The molecule has 1 rings (SSSR count). The standard InChI is InChI=1S/C8H14O2/c1-3-6-4-8(2,5-6)7(9)10/h6H,3-5H2,1-2H3,(H,9,10)/t6-,8-. The number of hydrogen-bond acceptors (Lipinski definition) is 1. The van der Waals surface area contributed by atoms with E-state index in [-0.39, 0.29) is 5.41 Å². The first kappa shape index (κ1) is 7.58. The summed E-state index contributed by atoms with van der Waals surface area (Å²) in [5.41, 5.74) is -0.388. The summed E-state index contributed by atoms with van der Waals surface area (Å²) >= 11 is 0. The highest BCUT2D eigenvalue weighted by Gasteiger charge is 2.45. The van der Waals surface area contributed by atoms with E-state index in [0.717, 1.165) is 19.3 Å². The van der Waals surface area contributed by atoms with Gasteiger partial charge in [-0.3, -0.25) is 4.79 Å². The van der Waals surface area contributed by atoms with Crippen LogP contribution in [0.3, 0.4) is 0 Å². The molecule has 1 aliphatic rings. The van der Waals surface area contributed by atoms with Gasteiger partial charge in [0.15, 0.2) is 0 Å². The van der Waals surface area contributed by atoms with Crippen LogP contribution in [0.5, 0.6) is 0 Å². The van der Waals surface area contributed by atoms with E-state index in [1.807, 2.05) is 6.92 Å². The number of rotatable bonds is 2. The van der Waals surface area contributed by atoms with Crippen molar-refractivity contribution in [3.8, 4) is 0 Å². The topological polar surface area (TPSA) is 37.3 Å². The van der Waals surface area contributed by atoms with Crippen molar-refractivity contribution in [2.75, 3.05) is 0 Å². The molecule has 0 saturated heterocycles. The normalized spacial score (nSPS) is 38.8. The van der Waals surface area contributed by atoms with Crippen molar-refractivity contribution in [2.24, 2.45) is 11.3 Å². The Balaban J connectivity index is 2.42. The number of aliphatic carboxylic acids is 1. The van der Waals surface area contributed by atoms with E-state index < -0.39 is 5.97 Å². The molecule has 0 bridgehead atoms. The van der Waals surface area contributed by atoms with Crippen molar-refractivity contribution in [3.05, 3.63) is 0 Å². The van der Waals surface area contributed by atoms with Crippen LogP contribution in [0.1, 0.15) is 33.1 Å². The zero-order valence-corrected chi connectivity index (χ0v) is 6.55. The highest BCUT2D eigenvalue weighted by atomic mass is 16.4. The van der Waals surface area contributed by atoms with Gasteiger partial charge in [0.25, 0.3) is 0 Å². The molecule has 1 aliphatic carbocycles. The lowest BCUT2D eigenvalue weighted by Gasteiger charge is -2.41. The second kappa shape index (κ2) is 2.26. The summed E-state index contributed by atoms with van der Waals surface area (Å²) in [6.07, 6.45) is 2.88. The first-order valence-electron chi connectivity index (χ1n) is 3.82. The van der Waals surface area contributed by atoms with Crippen LogP contribution < -0.4 is 0 Å². The quantitative estimate of drug-likeness (QED) is 0.639. The lowest BCUT2D eigenvalue weighted by molar-refractivity contribution is -0.156. The van der Waals surface area contributed by atoms with Crippen LogP contribution in [0.2, 0.25) is 0 Å².